The summed E-state index contributed by atoms with van der Waals surface area (Å²) in [6.07, 6.45) is 3.80. The summed E-state index contributed by atoms with van der Waals surface area (Å²) in [7, 11) is 0. The molecule has 0 N–H and O–H groups in total. The van der Waals surface area contributed by atoms with Crippen LogP contribution in [0.4, 0.5) is 26.3 Å². The summed E-state index contributed by atoms with van der Waals surface area (Å²) < 4.78 is 83.6. The van der Waals surface area contributed by atoms with Gasteiger partial charge in [-0.1, -0.05) is 36.4 Å². The van der Waals surface area contributed by atoms with Crippen molar-refractivity contribution in [2.75, 3.05) is 0 Å². The SMILES string of the molecule is C=CCCC1CCC(c2ccc3c(F)c(CCc4cc(F)c(OC(F)(F)F)c(F)c4)ccc3c2)CC1. The first-order valence-electron chi connectivity index (χ1n) is 12.2. The molecule has 3 aromatic rings. The van der Waals surface area contributed by atoms with Crippen molar-refractivity contribution in [3.05, 3.63) is 89.3 Å². The summed E-state index contributed by atoms with van der Waals surface area (Å²) in [4.78, 5) is 0. The molecular weight excluding hydrogens is 478 g/mol. The van der Waals surface area contributed by atoms with E-state index >= 15 is 4.39 Å². The molecule has 1 aliphatic rings. The van der Waals surface area contributed by atoms with Crippen molar-refractivity contribution in [3.63, 3.8) is 0 Å². The van der Waals surface area contributed by atoms with Gasteiger partial charge in [0.1, 0.15) is 5.82 Å². The van der Waals surface area contributed by atoms with Gasteiger partial charge in [-0.2, -0.15) is 0 Å². The van der Waals surface area contributed by atoms with Crippen LogP contribution in [0.15, 0.2) is 55.1 Å². The van der Waals surface area contributed by atoms with Crippen molar-refractivity contribution in [2.45, 2.75) is 63.6 Å². The molecule has 0 amide bonds. The average Bonchev–Trinajstić information content (AvgIpc) is 2.84. The second kappa shape index (κ2) is 11.0. The molecule has 4 rings (SSSR count). The number of ether oxygens (including phenoxy) is 1. The van der Waals surface area contributed by atoms with Crippen molar-refractivity contribution in [3.8, 4) is 5.75 Å². The Bertz CT molecular complexity index is 1200. The molecule has 7 heteroatoms. The molecule has 0 aliphatic heterocycles. The van der Waals surface area contributed by atoms with Crippen LogP contribution in [-0.2, 0) is 12.8 Å². The Labute approximate surface area is 206 Å². The third kappa shape index (κ3) is 6.23. The van der Waals surface area contributed by atoms with Gasteiger partial charge in [-0.25, -0.2) is 13.2 Å². The van der Waals surface area contributed by atoms with Crippen LogP contribution in [0.2, 0.25) is 0 Å². The van der Waals surface area contributed by atoms with Crippen LogP contribution in [-0.4, -0.2) is 6.36 Å². The summed E-state index contributed by atoms with van der Waals surface area (Å²) in [6, 6.07) is 10.9. The molecule has 0 atom stereocenters. The minimum Gasteiger partial charge on any atom is -0.399 e. The molecule has 0 saturated heterocycles. The van der Waals surface area contributed by atoms with E-state index < -0.39 is 29.6 Å². The maximum atomic E-state index is 15.2. The van der Waals surface area contributed by atoms with Gasteiger partial charge in [-0.05, 0) is 97.4 Å². The number of allylic oxidation sites excluding steroid dienone is 1. The molecule has 0 bridgehead atoms. The van der Waals surface area contributed by atoms with Gasteiger partial charge in [0.25, 0.3) is 0 Å². The Balaban J connectivity index is 1.44. The zero-order valence-electron chi connectivity index (χ0n) is 19.8. The van der Waals surface area contributed by atoms with Crippen molar-refractivity contribution in [1.29, 1.82) is 0 Å². The fourth-order valence-corrected chi connectivity index (χ4v) is 5.19. The standard InChI is InChI=1S/C29H28F6O/c1-2-3-4-18-5-8-20(9-6-18)22-13-14-24-23(17-22)12-11-21(27(24)32)10-7-19-15-25(30)28(26(31)16-19)36-29(33,34)35/h2,11-18,20H,1,3-10H2. The number of benzene rings is 3. The van der Waals surface area contributed by atoms with Crippen LogP contribution in [0.5, 0.6) is 5.75 Å². The molecule has 36 heavy (non-hydrogen) atoms. The number of aryl methyl sites for hydroxylation is 2. The molecule has 1 aliphatic carbocycles. The first-order chi connectivity index (χ1) is 17.1. The zero-order chi connectivity index (χ0) is 25.9. The van der Waals surface area contributed by atoms with Gasteiger partial charge < -0.3 is 4.74 Å². The topological polar surface area (TPSA) is 9.23 Å². The van der Waals surface area contributed by atoms with E-state index in [1.165, 1.54) is 24.8 Å². The van der Waals surface area contributed by atoms with E-state index in [0.717, 1.165) is 42.7 Å². The number of alkyl halides is 3. The Morgan fingerprint density at radius 2 is 1.58 bits per heavy atom. The van der Waals surface area contributed by atoms with Crippen LogP contribution in [0.3, 0.4) is 0 Å². The fourth-order valence-electron chi connectivity index (χ4n) is 5.19. The average molecular weight is 507 g/mol. The van der Waals surface area contributed by atoms with E-state index in [1.54, 1.807) is 12.1 Å². The number of rotatable bonds is 8. The van der Waals surface area contributed by atoms with Crippen LogP contribution in [0.25, 0.3) is 10.8 Å². The van der Waals surface area contributed by atoms with E-state index in [2.05, 4.69) is 11.3 Å². The molecule has 3 aromatic carbocycles. The summed E-state index contributed by atoms with van der Waals surface area (Å²) >= 11 is 0. The molecule has 192 valence electrons. The molecule has 1 saturated carbocycles. The number of halogens is 6. The normalized spacial score (nSPS) is 18.4. The predicted molar refractivity (Wildman–Crippen MR) is 128 cm³/mol. The third-order valence-electron chi connectivity index (χ3n) is 7.11. The Kier molecular flexibility index (Phi) is 7.96. The fraction of sp³-hybridized carbons (Fsp3) is 0.379. The number of fused-ring (bicyclic) bond motifs is 1. The van der Waals surface area contributed by atoms with Gasteiger partial charge >= 0.3 is 6.36 Å². The van der Waals surface area contributed by atoms with Gasteiger partial charge in [0.05, 0.1) is 0 Å². The van der Waals surface area contributed by atoms with Gasteiger partial charge in [0.15, 0.2) is 11.6 Å². The van der Waals surface area contributed by atoms with Crippen LogP contribution < -0.4 is 4.74 Å². The maximum Gasteiger partial charge on any atom is 0.573 e. The first kappa shape index (κ1) is 26.1. The summed E-state index contributed by atoms with van der Waals surface area (Å²) in [5.74, 6) is -3.59. The summed E-state index contributed by atoms with van der Waals surface area (Å²) in [5, 5.41) is 1.27. The van der Waals surface area contributed by atoms with E-state index in [-0.39, 0.29) is 18.4 Å². The molecule has 0 heterocycles. The summed E-state index contributed by atoms with van der Waals surface area (Å²) in [5.41, 5.74) is 1.69. The maximum absolute atomic E-state index is 15.2. The molecule has 0 aromatic heterocycles. The Morgan fingerprint density at radius 3 is 2.22 bits per heavy atom. The van der Waals surface area contributed by atoms with Crippen molar-refractivity contribution in [1.82, 2.24) is 0 Å². The highest BCUT2D eigenvalue weighted by Crippen LogP contribution is 2.39. The molecule has 1 fully saturated rings. The summed E-state index contributed by atoms with van der Waals surface area (Å²) in [6.45, 7) is 3.80. The Morgan fingerprint density at radius 1 is 0.889 bits per heavy atom. The van der Waals surface area contributed by atoms with Crippen LogP contribution in [0, 0.1) is 23.4 Å². The second-order valence-electron chi connectivity index (χ2n) is 9.54. The lowest BCUT2D eigenvalue weighted by Gasteiger charge is -2.28. The van der Waals surface area contributed by atoms with Crippen LogP contribution in [0.1, 0.15) is 61.1 Å². The largest absolute Gasteiger partial charge is 0.573 e. The van der Waals surface area contributed by atoms with E-state index in [0.29, 0.717) is 16.9 Å². The van der Waals surface area contributed by atoms with E-state index in [1.807, 2.05) is 24.3 Å². The zero-order valence-corrected chi connectivity index (χ0v) is 19.8. The van der Waals surface area contributed by atoms with Gasteiger partial charge in [0, 0.05) is 5.39 Å². The number of hydrogen-bond donors (Lipinski definition) is 0. The van der Waals surface area contributed by atoms with Crippen molar-refractivity contribution >= 4 is 10.8 Å². The molecule has 0 radical (unpaired) electrons. The quantitative estimate of drug-likeness (QED) is 0.219. The highest BCUT2D eigenvalue weighted by atomic mass is 19.4. The van der Waals surface area contributed by atoms with Crippen molar-refractivity contribution in [2.24, 2.45) is 5.92 Å². The van der Waals surface area contributed by atoms with Crippen LogP contribution >= 0.6 is 0 Å². The highest BCUT2D eigenvalue weighted by Gasteiger charge is 2.34. The van der Waals surface area contributed by atoms with E-state index in [4.69, 9.17) is 0 Å². The molecular formula is C29H28F6O. The second-order valence-corrected chi connectivity index (χ2v) is 9.54. The van der Waals surface area contributed by atoms with Crippen molar-refractivity contribution < 1.29 is 31.1 Å². The smallest absolute Gasteiger partial charge is 0.399 e. The molecule has 0 unspecified atom stereocenters. The highest BCUT2D eigenvalue weighted by molar-refractivity contribution is 5.84. The van der Waals surface area contributed by atoms with Gasteiger partial charge in [-0.15, -0.1) is 19.8 Å². The van der Waals surface area contributed by atoms with E-state index in [9.17, 15) is 22.0 Å². The lowest BCUT2D eigenvalue weighted by Crippen LogP contribution is -2.19. The third-order valence-corrected chi connectivity index (χ3v) is 7.11. The molecule has 0 spiro atoms. The lowest BCUT2D eigenvalue weighted by atomic mass is 9.77. The first-order valence-corrected chi connectivity index (χ1v) is 12.2. The number of hydrogen-bond acceptors (Lipinski definition) is 1. The van der Waals surface area contributed by atoms with Gasteiger partial charge in [0.2, 0.25) is 5.75 Å². The predicted octanol–water partition coefficient (Wildman–Crippen LogP) is 9.18. The Hall–Kier alpha value is -2.96. The minimum atomic E-state index is -5.21. The van der Waals surface area contributed by atoms with Gasteiger partial charge in [-0.3, -0.25) is 0 Å². The minimum absolute atomic E-state index is 0.0513. The monoisotopic (exact) mass is 506 g/mol. The molecule has 1 nitrogen and oxygen atoms in total. The lowest BCUT2D eigenvalue weighted by molar-refractivity contribution is -0.276.